The fourth-order valence-corrected chi connectivity index (χ4v) is 1.51. The van der Waals surface area contributed by atoms with Crippen LogP contribution in [0.2, 0.25) is 0 Å². The Morgan fingerprint density at radius 2 is 2.24 bits per heavy atom. The van der Waals surface area contributed by atoms with Gasteiger partial charge in [0.1, 0.15) is 0 Å². The topological polar surface area (TPSA) is 59.0 Å². The van der Waals surface area contributed by atoms with Crippen LogP contribution >= 0.6 is 0 Å². The van der Waals surface area contributed by atoms with Crippen molar-refractivity contribution >= 4 is 11.6 Å². The molecule has 0 spiro atoms. The van der Waals surface area contributed by atoms with Crippen LogP contribution in [0.15, 0.2) is 6.20 Å². The number of aromatic nitrogens is 2. The summed E-state index contributed by atoms with van der Waals surface area (Å²) in [6.45, 7) is 7.24. The van der Waals surface area contributed by atoms with E-state index in [0.717, 1.165) is 24.3 Å². The molecule has 0 radical (unpaired) electrons. The Morgan fingerprint density at radius 1 is 1.53 bits per heavy atom. The summed E-state index contributed by atoms with van der Waals surface area (Å²) in [5.74, 6) is 0.637. The highest BCUT2D eigenvalue weighted by molar-refractivity contribution is 5.80. The fraction of sp³-hybridized carbons (Fsp3) is 0.667. The maximum atomic E-state index is 11.5. The van der Waals surface area contributed by atoms with Crippen LogP contribution in [0.3, 0.4) is 0 Å². The number of hydrogen-bond donors (Lipinski definition) is 2. The first-order valence-electron chi connectivity index (χ1n) is 6.00. The van der Waals surface area contributed by atoms with E-state index in [9.17, 15) is 4.79 Å². The van der Waals surface area contributed by atoms with Crippen LogP contribution < -0.4 is 10.6 Å². The average Bonchev–Trinajstić information content (AvgIpc) is 2.54. The van der Waals surface area contributed by atoms with Crippen molar-refractivity contribution in [3.63, 3.8) is 0 Å². The number of rotatable bonds is 6. The van der Waals surface area contributed by atoms with Crippen molar-refractivity contribution < 1.29 is 4.79 Å². The van der Waals surface area contributed by atoms with Gasteiger partial charge in [-0.2, -0.15) is 5.10 Å². The van der Waals surface area contributed by atoms with Gasteiger partial charge in [0.25, 0.3) is 0 Å². The predicted molar refractivity (Wildman–Crippen MR) is 68.9 cm³/mol. The van der Waals surface area contributed by atoms with E-state index in [-0.39, 0.29) is 5.91 Å². The van der Waals surface area contributed by atoms with Gasteiger partial charge >= 0.3 is 0 Å². The molecule has 1 amide bonds. The molecular formula is C12H22N4O. The predicted octanol–water partition coefficient (Wildman–Crippen LogP) is 1.30. The molecule has 0 aliphatic rings. The van der Waals surface area contributed by atoms with Crippen LogP contribution in [0.25, 0.3) is 0 Å². The maximum Gasteiger partial charge on any atom is 0.239 e. The minimum Gasteiger partial charge on any atom is -0.373 e. The molecule has 0 aromatic carbocycles. The molecule has 17 heavy (non-hydrogen) atoms. The molecule has 0 unspecified atom stereocenters. The Hall–Kier alpha value is -1.52. The Labute approximate surface area is 103 Å². The van der Waals surface area contributed by atoms with Crippen molar-refractivity contribution in [2.24, 2.45) is 13.0 Å². The van der Waals surface area contributed by atoms with Gasteiger partial charge in [-0.05, 0) is 19.3 Å². The van der Waals surface area contributed by atoms with E-state index in [0.29, 0.717) is 12.5 Å². The van der Waals surface area contributed by atoms with Crippen molar-refractivity contribution in [2.75, 3.05) is 18.4 Å². The van der Waals surface area contributed by atoms with Gasteiger partial charge in [0.15, 0.2) is 0 Å². The van der Waals surface area contributed by atoms with Crippen LogP contribution in [-0.4, -0.2) is 28.8 Å². The summed E-state index contributed by atoms with van der Waals surface area (Å²) in [6.07, 6.45) is 2.88. The zero-order valence-corrected chi connectivity index (χ0v) is 11.1. The van der Waals surface area contributed by atoms with Crippen LogP contribution in [0, 0.1) is 12.8 Å². The average molecular weight is 238 g/mol. The monoisotopic (exact) mass is 238 g/mol. The summed E-state index contributed by atoms with van der Waals surface area (Å²) >= 11 is 0. The molecule has 0 aliphatic carbocycles. The fourth-order valence-electron chi connectivity index (χ4n) is 1.51. The second-order valence-corrected chi connectivity index (χ2v) is 4.69. The highest BCUT2D eigenvalue weighted by atomic mass is 16.1. The zero-order chi connectivity index (χ0) is 12.8. The summed E-state index contributed by atoms with van der Waals surface area (Å²) in [4.78, 5) is 11.5. The molecule has 5 heteroatoms. The smallest absolute Gasteiger partial charge is 0.239 e. The zero-order valence-electron chi connectivity index (χ0n) is 11.1. The molecule has 96 valence electrons. The van der Waals surface area contributed by atoms with Gasteiger partial charge in [0.05, 0.1) is 17.9 Å². The van der Waals surface area contributed by atoms with Crippen molar-refractivity contribution in [1.82, 2.24) is 15.1 Å². The van der Waals surface area contributed by atoms with E-state index in [1.165, 1.54) is 0 Å². The maximum absolute atomic E-state index is 11.5. The van der Waals surface area contributed by atoms with Gasteiger partial charge in [0, 0.05) is 19.8 Å². The van der Waals surface area contributed by atoms with Crippen molar-refractivity contribution in [1.29, 1.82) is 0 Å². The largest absolute Gasteiger partial charge is 0.373 e. The molecular weight excluding hydrogens is 216 g/mol. The van der Waals surface area contributed by atoms with Crippen molar-refractivity contribution in [2.45, 2.75) is 27.2 Å². The number of nitrogens with zero attached hydrogens (tertiary/aromatic N) is 2. The van der Waals surface area contributed by atoms with Crippen molar-refractivity contribution in [3.05, 3.63) is 11.9 Å². The number of carbonyl (C=O) groups is 1. The second kappa shape index (κ2) is 6.27. The lowest BCUT2D eigenvalue weighted by molar-refractivity contribution is -0.119. The second-order valence-electron chi connectivity index (χ2n) is 4.69. The number of nitrogens with one attached hydrogen (secondary N) is 2. The summed E-state index contributed by atoms with van der Waals surface area (Å²) in [5, 5.41) is 10.2. The van der Waals surface area contributed by atoms with Gasteiger partial charge in [-0.3, -0.25) is 9.48 Å². The van der Waals surface area contributed by atoms with Crippen LogP contribution in [0.1, 0.15) is 26.0 Å². The minimum atomic E-state index is 0.0221. The SMILES string of the molecule is Cc1nn(C)cc1NCC(=O)NCCC(C)C. The van der Waals surface area contributed by atoms with Gasteiger partial charge < -0.3 is 10.6 Å². The lowest BCUT2D eigenvalue weighted by atomic mass is 10.1. The summed E-state index contributed by atoms with van der Waals surface area (Å²) in [5.41, 5.74) is 1.81. The van der Waals surface area contributed by atoms with E-state index in [1.807, 2.05) is 20.2 Å². The van der Waals surface area contributed by atoms with E-state index >= 15 is 0 Å². The van der Waals surface area contributed by atoms with Crippen molar-refractivity contribution in [3.8, 4) is 0 Å². The molecule has 0 atom stereocenters. The molecule has 1 aromatic rings. The number of hydrogen-bond acceptors (Lipinski definition) is 3. The van der Waals surface area contributed by atoms with Crippen LogP contribution in [0.4, 0.5) is 5.69 Å². The third-order valence-electron chi connectivity index (χ3n) is 2.50. The lowest BCUT2D eigenvalue weighted by Crippen LogP contribution is -2.31. The number of amides is 1. The number of anilines is 1. The third-order valence-corrected chi connectivity index (χ3v) is 2.50. The molecule has 0 aliphatic heterocycles. The normalized spacial score (nSPS) is 10.6. The quantitative estimate of drug-likeness (QED) is 0.785. The molecule has 2 N–H and O–H groups in total. The molecule has 0 bridgehead atoms. The molecule has 0 saturated carbocycles. The Bertz CT molecular complexity index is 371. The molecule has 0 saturated heterocycles. The third kappa shape index (κ3) is 4.89. The first-order valence-corrected chi connectivity index (χ1v) is 6.00. The molecule has 1 heterocycles. The molecule has 1 rings (SSSR count). The Morgan fingerprint density at radius 3 is 2.76 bits per heavy atom. The Balaban J connectivity index is 2.26. The van der Waals surface area contributed by atoms with E-state index in [2.05, 4.69) is 29.6 Å². The van der Waals surface area contributed by atoms with E-state index in [4.69, 9.17) is 0 Å². The van der Waals surface area contributed by atoms with Gasteiger partial charge in [-0.25, -0.2) is 0 Å². The van der Waals surface area contributed by atoms with E-state index < -0.39 is 0 Å². The highest BCUT2D eigenvalue weighted by Crippen LogP contribution is 2.10. The summed E-state index contributed by atoms with van der Waals surface area (Å²) in [7, 11) is 1.86. The Kier molecular flexibility index (Phi) is 5.00. The van der Waals surface area contributed by atoms with Gasteiger partial charge in [-0.1, -0.05) is 13.8 Å². The molecule has 5 nitrogen and oxygen atoms in total. The standard InChI is InChI=1S/C12H22N4O/c1-9(2)5-6-13-12(17)7-14-11-8-16(4)15-10(11)3/h8-9,14H,5-7H2,1-4H3,(H,13,17). The lowest BCUT2D eigenvalue weighted by Gasteiger charge is -2.08. The van der Waals surface area contributed by atoms with Gasteiger partial charge in [-0.15, -0.1) is 0 Å². The van der Waals surface area contributed by atoms with E-state index in [1.54, 1.807) is 4.68 Å². The highest BCUT2D eigenvalue weighted by Gasteiger charge is 2.05. The summed E-state index contributed by atoms with van der Waals surface area (Å²) < 4.78 is 1.73. The minimum absolute atomic E-state index is 0.0221. The molecule has 0 fully saturated rings. The first-order chi connectivity index (χ1) is 7.99. The van der Waals surface area contributed by atoms with Gasteiger partial charge in [0.2, 0.25) is 5.91 Å². The number of aryl methyl sites for hydroxylation is 2. The number of carbonyl (C=O) groups excluding carboxylic acids is 1. The molecule has 1 aromatic heterocycles. The van der Waals surface area contributed by atoms with Crippen LogP contribution in [-0.2, 0) is 11.8 Å². The van der Waals surface area contributed by atoms with Crippen LogP contribution in [0.5, 0.6) is 0 Å². The summed E-state index contributed by atoms with van der Waals surface area (Å²) in [6, 6.07) is 0. The first kappa shape index (κ1) is 13.5.